The number of aromatic nitrogens is 4. The number of nitrogens with zero attached hydrogens (tertiary/aromatic N) is 5. The van der Waals surface area contributed by atoms with Gasteiger partial charge in [0.05, 0.1) is 40.0 Å². The van der Waals surface area contributed by atoms with E-state index in [2.05, 4.69) is 15.5 Å². The third kappa shape index (κ3) is 4.71. The van der Waals surface area contributed by atoms with Gasteiger partial charge in [-0.1, -0.05) is 23.7 Å². The average Bonchev–Trinajstić information content (AvgIpc) is 3.47. The van der Waals surface area contributed by atoms with Gasteiger partial charge in [-0.2, -0.15) is 10.2 Å². The van der Waals surface area contributed by atoms with E-state index < -0.39 is 4.92 Å². The molecule has 32 heavy (non-hydrogen) atoms. The lowest BCUT2D eigenvalue weighted by atomic mass is 10.2. The van der Waals surface area contributed by atoms with Gasteiger partial charge in [-0.25, -0.2) is 0 Å². The van der Waals surface area contributed by atoms with E-state index in [4.69, 9.17) is 11.6 Å². The van der Waals surface area contributed by atoms with E-state index in [1.807, 2.05) is 48.2 Å². The molecule has 164 valence electrons. The van der Waals surface area contributed by atoms with Crippen molar-refractivity contribution in [3.63, 3.8) is 0 Å². The first-order chi connectivity index (χ1) is 15.3. The van der Waals surface area contributed by atoms with Crippen LogP contribution in [-0.2, 0) is 13.1 Å². The maximum atomic E-state index is 12.8. The lowest BCUT2D eigenvalue weighted by Gasteiger charge is -2.07. The first-order valence-electron chi connectivity index (χ1n) is 9.64. The van der Waals surface area contributed by atoms with Crippen LogP contribution in [0.2, 0.25) is 5.02 Å². The number of halogens is 1. The fraction of sp³-hybridized carbons (Fsp3) is 0.190. The van der Waals surface area contributed by atoms with Crippen LogP contribution in [0.1, 0.15) is 32.2 Å². The van der Waals surface area contributed by atoms with Gasteiger partial charge in [-0.3, -0.25) is 24.3 Å². The fourth-order valence-electron chi connectivity index (χ4n) is 3.27. The smallest absolute Gasteiger partial charge is 0.307 e. The van der Waals surface area contributed by atoms with Crippen LogP contribution in [0.15, 0.2) is 48.1 Å². The Bertz CT molecular complexity index is 1290. The summed E-state index contributed by atoms with van der Waals surface area (Å²) >= 11 is 7.26. The van der Waals surface area contributed by atoms with Gasteiger partial charge in [0, 0.05) is 5.02 Å². The number of carbonyl (C=O) groups is 1. The molecule has 0 saturated heterocycles. The standard InChI is InChI=1S/C21H19ClN6O3S/c1-13-20(14(2)27(25-13)10-15-3-5-17(22)6-4-15)24-21(29)19-7-16(12-32-19)9-26-11-18(8-23-26)28(30)31/h3-8,11-12H,9-10H2,1-2H3,(H,24,29). The maximum Gasteiger partial charge on any atom is 0.307 e. The summed E-state index contributed by atoms with van der Waals surface area (Å²) in [6.45, 7) is 4.68. The van der Waals surface area contributed by atoms with Crippen LogP contribution in [0, 0.1) is 24.0 Å². The Kier molecular flexibility index (Phi) is 6.06. The van der Waals surface area contributed by atoms with Crippen molar-refractivity contribution in [3.8, 4) is 0 Å². The number of nitrogens with one attached hydrogen (secondary N) is 1. The number of anilines is 1. The molecule has 0 radical (unpaired) electrons. The fourth-order valence-corrected chi connectivity index (χ4v) is 4.19. The van der Waals surface area contributed by atoms with Gasteiger partial charge >= 0.3 is 5.69 Å². The summed E-state index contributed by atoms with van der Waals surface area (Å²) in [6, 6.07) is 9.31. The molecule has 0 aliphatic heterocycles. The second-order valence-corrected chi connectivity index (χ2v) is 8.60. The molecule has 0 saturated carbocycles. The number of benzene rings is 1. The van der Waals surface area contributed by atoms with Crippen LogP contribution in [0.25, 0.3) is 0 Å². The van der Waals surface area contributed by atoms with Crippen molar-refractivity contribution in [1.29, 1.82) is 0 Å². The Labute approximate surface area is 192 Å². The Morgan fingerprint density at radius 2 is 1.97 bits per heavy atom. The van der Waals surface area contributed by atoms with E-state index in [0.717, 1.165) is 22.5 Å². The first-order valence-corrected chi connectivity index (χ1v) is 10.9. The number of hydrogen-bond donors (Lipinski definition) is 1. The van der Waals surface area contributed by atoms with Crippen molar-refractivity contribution in [3.05, 3.63) is 90.6 Å². The second-order valence-electron chi connectivity index (χ2n) is 7.26. The molecule has 3 aromatic heterocycles. The highest BCUT2D eigenvalue weighted by atomic mass is 35.5. The second kappa shape index (κ2) is 8.93. The molecule has 0 spiro atoms. The molecule has 0 fully saturated rings. The van der Waals surface area contributed by atoms with Crippen LogP contribution in [0.3, 0.4) is 0 Å². The van der Waals surface area contributed by atoms with Gasteiger partial charge in [0.15, 0.2) is 0 Å². The molecule has 4 rings (SSSR count). The molecule has 0 bridgehead atoms. The zero-order chi connectivity index (χ0) is 22.8. The largest absolute Gasteiger partial charge is 0.318 e. The molecule has 0 atom stereocenters. The minimum Gasteiger partial charge on any atom is -0.318 e. The van der Waals surface area contributed by atoms with Crippen molar-refractivity contribution in [1.82, 2.24) is 19.6 Å². The molecule has 0 unspecified atom stereocenters. The van der Waals surface area contributed by atoms with Gasteiger partial charge in [0.2, 0.25) is 0 Å². The van der Waals surface area contributed by atoms with Crippen molar-refractivity contribution in [2.45, 2.75) is 26.9 Å². The zero-order valence-electron chi connectivity index (χ0n) is 17.3. The number of nitro groups is 1. The van der Waals surface area contributed by atoms with E-state index in [1.54, 1.807) is 6.07 Å². The summed E-state index contributed by atoms with van der Waals surface area (Å²) in [4.78, 5) is 23.7. The minimum absolute atomic E-state index is 0.0697. The number of thiophene rings is 1. The lowest BCUT2D eigenvalue weighted by Crippen LogP contribution is -2.12. The molecule has 3 heterocycles. The topological polar surface area (TPSA) is 108 Å². The highest BCUT2D eigenvalue weighted by Crippen LogP contribution is 2.24. The van der Waals surface area contributed by atoms with Gasteiger partial charge in [-0.15, -0.1) is 11.3 Å². The van der Waals surface area contributed by atoms with Crippen LogP contribution in [0.5, 0.6) is 0 Å². The Hall–Kier alpha value is -3.50. The van der Waals surface area contributed by atoms with Crippen molar-refractivity contribution >= 4 is 40.2 Å². The minimum atomic E-state index is -0.492. The molecule has 1 amide bonds. The van der Waals surface area contributed by atoms with E-state index in [1.165, 1.54) is 28.4 Å². The summed E-state index contributed by atoms with van der Waals surface area (Å²) in [5.74, 6) is -0.232. The molecular formula is C21H19ClN6O3S. The predicted octanol–water partition coefficient (Wildman–Crippen LogP) is 4.67. The monoisotopic (exact) mass is 470 g/mol. The normalized spacial score (nSPS) is 11.0. The summed E-state index contributed by atoms with van der Waals surface area (Å²) in [7, 11) is 0. The molecule has 1 N–H and O–H groups in total. The summed E-state index contributed by atoms with van der Waals surface area (Å²) < 4.78 is 3.32. The van der Waals surface area contributed by atoms with E-state index in [-0.39, 0.29) is 11.6 Å². The van der Waals surface area contributed by atoms with Gasteiger partial charge in [0.25, 0.3) is 5.91 Å². The van der Waals surface area contributed by atoms with E-state index in [0.29, 0.717) is 28.7 Å². The van der Waals surface area contributed by atoms with Crippen molar-refractivity contribution in [2.75, 3.05) is 5.32 Å². The third-order valence-electron chi connectivity index (χ3n) is 4.92. The molecule has 0 aliphatic rings. The number of aryl methyl sites for hydroxylation is 1. The molecule has 9 nitrogen and oxygen atoms in total. The summed E-state index contributed by atoms with van der Waals surface area (Å²) in [6.07, 6.45) is 2.56. The Morgan fingerprint density at radius 3 is 2.66 bits per heavy atom. The number of amides is 1. The van der Waals surface area contributed by atoms with Crippen LogP contribution in [0.4, 0.5) is 11.4 Å². The summed E-state index contributed by atoms with van der Waals surface area (Å²) in [5.41, 5.74) is 4.09. The molecular weight excluding hydrogens is 452 g/mol. The van der Waals surface area contributed by atoms with Crippen LogP contribution >= 0.6 is 22.9 Å². The molecule has 0 aliphatic carbocycles. The van der Waals surface area contributed by atoms with Gasteiger partial charge < -0.3 is 5.32 Å². The Morgan fingerprint density at radius 1 is 1.22 bits per heavy atom. The summed E-state index contributed by atoms with van der Waals surface area (Å²) in [5, 5.41) is 24.8. The maximum absolute atomic E-state index is 12.8. The lowest BCUT2D eigenvalue weighted by molar-refractivity contribution is -0.385. The SMILES string of the molecule is Cc1nn(Cc2ccc(Cl)cc2)c(C)c1NC(=O)c1cc(Cn2cc([N+](=O)[O-])cn2)cs1. The molecule has 4 aromatic rings. The van der Waals surface area contributed by atoms with Crippen LogP contribution < -0.4 is 5.32 Å². The van der Waals surface area contributed by atoms with E-state index >= 15 is 0 Å². The number of hydrogen-bond acceptors (Lipinski definition) is 6. The van der Waals surface area contributed by atoms with Crippen LogP contribution in [-0.4, -0.2) is 30.4 Å². The van der Waals surface area contributed by atoms with E-state index in [9.17, 15) is 14.9 Å². The predicted molar refractivity (Wildman–Crippen MR) is 123 cm³/mol. The van der Waals surface area contributed by atoms with Crippen molar-refractivity contribution < 1.29 is 9.72 Å². The highest BCUT2D eigenvalue weighted by Gasteiger charge is 2.17. The quantitative estimate of drug-likeness (QED) is 0.312. The average molecular weight is 471 g/mol. The first kappa shape index (κ1) is 21.7. The Balaban J connectivity index is 1.45. The highest BCUT2D eigenvalue weighted by molar-refractivity contribution is 7.12. The third-order valence-corrected chi connectivity index (χ3v) is 6.15. The van der Waals surface area contributed by atoms with Crippen molar-refractivity contribution in [2.24, 2.45) is 0 Å². The molecule has 1 aromatic carbocycles. The zero-order valence-corrected chi connectivity index (χ0v) is 18.9. The van der Waals surface area contributed by atoms with Gasteiger partial charge in [0.1, 0.15) is 12.4 Å². The van der Waals surface area contributed by atoms with Gasteiger partial charge in [-0.05, 0) is 48.6 Å². The number of rotatable bonds is 7. The molecule has 11 heteroatoms. The number of carbonyl (C=O) groups excluding carboxylic acids is 1.